The second-order valence-electron chi connectivity index (χ2n) is 4.29. The molecule has 1 atom stereocenters. The minimum atomic E-state index is -0.0895. The number of ether oxygens (including phenoxy) is 2. The summed E-state index contributed by atoms with van der Waals surface area (Å²) in [6.45, 7) is 1.51. The fourth-order valence-corrected chi connectivity index (χ4v) is 2.31. The van der Waals surface area contributed by atoms with Crippen LogP contribution < -0.4 is 20.5 Å². The fraction of sp³-hybridized carbons (Fsp3) is 0.462. The number of rotatable bonds is 5. The van der Waals surface area contributed by atoms with Gasteiger partial charge >= 0.3 is 6.03 Å². The highest BCUT2D eigenvalue weighted by Gasteiger charge is 2.33. The average molecular weight is 265 g/mol. The van der Waals surface area contributed by atoms with Gasteiger partial charge in [0.1, 0.15) is 11.5 Å². The Morgan fingerprint density at radius 2 is 2.21 bits per heavy atom. The molecule has 1 aromatic carbocycles. The molecule has 104 valence electrons. The molecule has 1 unspecified atom stereocenters. The zero-order chi connectivity index (χ0) is 13.8. The Morgan fingerprint density at radius 1 is 1.42 bits per heavy atom. The molecule has 0 aromatic heterocycles. The Morgan fingerprint density at radius 3 is 2.84 bits per heavy atom. The first-order chi connectivity index (χ1) is 9.21. The van der Waals surface area contributed by atoms with Gasteiger partial charge in [0, 0.05) is 31.3 Å². The molecular weight excluding hydrogens is 246 g/mol. The monoisotopic (exact) mass is 265 g/mol. The van der Waals surface area contributed by atoms with Crippen LogP contribution in [0.3, 0.4) is 0 Å². The minimum absolute atomic E-state index is 0.0584. The van der Waals surface area contributed by atoms with Crippen molar-refractivity contribution < 1.29 is 14.3 Å². The molecule has 2 amide bonds. The summed E-state index contributed by atoms with van der Waals surface area (Å²) in [7, 11) is 3.21. The van der Waals surface area contributed by atoms with Crippen LogP contribution in [0.2, 0.25) is 0 Å². The van der Waals surface area contributed by atoms with Crippen LogP contribution in [0.25, 0.3) is 0 Å². The summed E-state index contributed by atoms with van der Waals surface area (Å²) in [6.07, 6.45) is 0. The predicted molar refractivity (Wildman–Crippen MR) is 71.4 cm³/mol. The van der Waals surface area contributed by atoms with Crippen molar-refractivity contribution in [1.82, 2.24) is 10.2 Å². The van der Waals surface area contributed by atoms with E-state index in [0.717, 1.165) is 11.3 Å². The van der Waals surface area contributed by atoms with Crippen molar-refractivity contribution in [3.63, 3.8) is 0 Å². The standard InChI is InChI=1S/C13H19N3O3/c1-18-9-3-4-10(12(7-9)19-2)11-8-15-13(17)16(11)6-5-14/h3-4,7,11H,5-6,8,14H2,1-2H3,(H,15,17). The van der Waals surface area contributed by atoms with Gasteiger partial charge in [-0.15, -0.1) is 0 Å². The molecule has 1 aliphatic rings. The molecule has 1 fully saturated rings. The van der Waals surface area contributed by atoms with Gasteiger partial charge in [0.2, 0.25) is 0 Å². The maximum Gasteiger partial charge on any atom is 0.318 e. The lowest BCUT2D eigenvalue weighted by molar-refractivity contribution is 0.205. The van der Waals surface area contributed by atoms with Gasteiger partial charge in [0.25, 0.3) is 0 Å². The van der Waals surface area contributed by atoms with Crippen LogP contribution in [0.5, 0.6) is 11.5 Å². The van der Waals surface area contributed by atoms with Crippen molar-refractivity contribution in [3.05, 3.63) is 23.8 Å². The predicted octanol–water partition coefficient (Wildman–Crippen LogP) is 0.729. The lowest BCUT2D eigenvalue weighted by Gasteiger charge is -2.24. The molecule has 0 aliphatic carbocycles. The largest absolute Gasteiger partial charge is 0.497 e. The van der Waals surface area contributed by atoms with Crippen molar-refractivity contribution in [3.8, 4) is 11.5 Å². The van der Waals surface area contributed by atoms with Crippen molar-refractivity contribution in [2.45, 2.75) is 6.04 Å². The minimum Gasteiger partial charge on any atom is -0.497 e. The van der Waals surface area contributed by atoms with Gasteiger partial charge in [-0.2, -0.15) is 0 Å². The maximum absolute atomic E-state index is 11.8. The van der Waals surface area contributed by atoms with Crippen LogP contribution in [0.4, 0.5) is 4.79 Å². The molecule has 2 rings (SSSR count). The van der Waals surface area contributed by atoms with Crippen LogP contribution in [0.1, 0.15) is 11.6 Å². The molecule has 3 N–H and O–H groups in total. The van der Waals surface area contributed by atoms with Gasteiger partial charge in [-0.05, 0) is 12.1 Å². The summed E-state index contributed by atoms with van der Waals surface area (Å²) in [5.41, 5.74) is 6.51. The van der Waals surface area contributed by atoms with Gasteiger partial charge in [-0.25, -0.2) is 4.79 Å². The molecule has 1 aliphatic heterocycles. The number of amides is 2. The Balaban J connectivity index is 2.32. The number of carbonyl (C=O) groups is 1. The molecule has 6 heteroatoms. The zero-order valence-electron chi connectivity index (χ0n) is 11.2. The molecular formula is C13H19N3O3. The van der Waals surface area contributed by atoms with Crippen molar-refractivity contribution in [2.24, 2.45) is 5.73 Å². The molecule has 1 aromatic rings. The quantitative estimate of drug-likeness (QED) is 0.823. The number of nitrogens with two attached hydrogens (primary N) is 1. The van der Waals surface area contributed by atoms with E-state index < -0.39 is 0 Å². The summed E-state index contributed by atoms with van der Waals surface area (Å²) >= 11 is 0. The second kappa shape index (κ2) is 5.79. The number of hydrogen-bond donors (Lipinski definition) is 2. The lowest BCUT2D eigenvalue weighted by Crippen LogP contribution is -2.34. The number of nitrogens with one attached hydrogen (secondary N) is 1. The highest BCUT2D eigenvalue weighted by molar-refractivity contribution is 5.77. The van der Waals surface area contributed by atoms with Crippen molar-refractivity contribution in [1.29, 1.82) is 0 Å². The first-order valence-electron chi connectivity index (χ1n) is 6.17. The van der Waals surface area contributed by atoms with Crippen LogP contribution in [0, 0.1) is 0 Å². The van der Waals surface area contributed by atoms with E-state index in [4.69, 9.17) is 15.2 Å². The van der Waals surface area contributed by atoms with Crippen LogP contribution in [0.15, 0.2) is 18.2 Å². The SMILES string of the molecule is COc1ccc(C2CNC(=O)N2CCN)c(OC)c1. The highest BCUT2D eigenvalue weighted by Crippen LogP contribution is 2.34. The number of urea groups is 1. The molecule has 0 radical (unpaired) electrons. The van der Waals surface area contributed by atoms with Crippen LogP contribution >= 0.6 is 0 Å². The fourth-order valence-electron chi connectivity index (χ4n) is 2.31. The third kappa shape index (κ3) is 2.58. The van der Waals surface area contributed by atoms with Gasteiger partial charge < -0.3 is 25.4 Å². The third-order valence-corrected chi connectivity index (χ3v) is 3.25. The van der Waals surface area contributed by atoms with Gasteiger partial charge in [0.15, 0.2) is 0 Å². The summed E-state index contributed by atoms with van der Waals surface area (Å²) in [6, 6.07) is 5.46. The zero-order valence-corrected chi connectivity index (χ0v) is 11.2. The topological polar surface area (TPSA) is 76.8 Å². The van der Waals surface area contributed by atoms with E-state index in [1.807, 2.05) is 18.2 Å². The smallest absolute Gasteiger partial charge is 0.318 e. The molecule has 6 nitrogen and oxygen atoms in total. The third-order valence-electron chi connectivity index (χ3n) is 3.25. The van der Waals surface area contributed by atoms with Gasteiger partial charge in [-0.1, -0.05) is 0 Å². The van der Waals surface area contributed by atoms with E-state index in [1.54, 1.807) is 19.1 Å². The number of methoxy groups -OCH3 is 2. The number of nitrogens with zero attached hydrogens (tertiary/aromatic N) is 1. The van der Waals surface area contributed by atoms with Gasteiger partial charge in [0.05, 0.1) is 20.3 Å². The van der Waals surface area contributed by atoms with Crippen molar-refractivity contribution >= 4 is 6.03 Å². The molecule has 0 spiro atoms. The highest BCUT2D eigenvalue weighted by atomic mass is 16.5. The van der Waals surface area contributed by atoms with E-state index in [0.29, 0.717) is 25.4 Å². The summed E-state index contributed by atoms with van der Waals surface area (Å²) in [5.74, 6) is 1.44. The molecule has 0 saturated carbocycles. The van der Waals surface area contributed by atoms with E-state index in [2.05, 4.69) is 5.32 Å². The number of benzene rings is 1. The van der Waals surface area contributed by atoms with E-state index in [-0.39, 0.29) is 12.1 Å². The summed E-state index contributed by atoms with van der Waals surface area (Å²) in [5, 5.41) is 2.83. The van der Waals surface area contributed by atoms with Crippen molar-refractivity contribution in [2.75, 3.05) is 33.9 Å². The lowest BCUT2D eigenvalue weighted by atomic mass is 10.0. The Kier molecular flexibility index (Phi) is 4.11. The van der Waals surface area contributed by atoms with E-state index in [1.165, 1.54) is 0 Å². The number of hydrogen-bond acceptors (Lipinski definition) is 4. The molecule has 1 heterocycles. The van der Waals surface area contributed by atoms with Crippen LogP contribution in [-0.4, -0.2) is 44.8 Å². The average Bonchev–Trinajstić information content (AvgIpc) is 2.80. The normalized spacial score (nSPS) is 18.4. The molecule has 19 heavy (non-hydrogen) atoms. The number of carbonyl (C=O) groups excluding carboxylic acids is 1. The van der Waals surface area contributed by atoms with Crippen LogP contribution in [-0.2, 0) is 0 Å². The Labute approximate surface area is 112 Å². The Hall–Kier alpha value is -1.95. The second-order valence-corrected chi connectivity index (χ2v) is 4.29. The Bertz CT molecular complexity index is 464. The van der Waals surface area contributed by atoms with E-state index in [9.17, 15) is 4.79 Å². The molecule has 1 saturated heterocycles. The van der Waals surface area contributed by atoms with Gasteiger partial charge in [-0.3, -0.25) is 0 Å². The molecule has 0 bridgehead atoms. The summed E-state index contributed by atoms with van der Waals surface area (Å²) in [4.78, 5) is 13.5. The maximum atomic E-state index is 11.8. The summed E-state index contributed by atoms with van der Waals surface area (Å²) < 4.78 is 10.6. The van der Waals surface area contributed by atoms with E-state index >= 15 is 0 Å². The first kappa shape index (κ1) is 13.5. The first-order valence-corrected chi connectivity index (χ1v) is 6.17.